The maximum absolute atomic E-state index is 12.9. The number of esters is 1. The summed E-state index contributed by atoms with van der Waals surface area (Å²) in [6.07, 6.45) is -4.66. The van der Waals surface area contributed by atoms with E-state index in [1.807, 2.05) is 0 Å². The van der Waals surface area contributed by atoms with Gasteiger partial charge in [-0.25, -0.2) is 4.79 Å². The molecule has 9 heteroatoms. The predicted octanol–water partition coefficient (Wildman–Crippen LogP) is 4.32. The molecular formula is C17H13F3N2O4. The van der Waals surface area contributed by atoms with Gasteiger partial charge in [-0.15, -0.1) is 10.2 Å². The first kappa shape index (κ1) is 17.7. The summed E-state index contributed by atoms with van der Waals surface area (Å²) in [5, 5.41) is 7.54. The number of carbonyl (C=O) groups excluding carboxylic acids is 1. The van der Waals surface area contributed by atoms with E-state index < -0.39 is 29.9 Å². The summed E-state index contributed by atoms with van der Waals surface area (Å²) in [6, 6.07) is 6.07. The van der Waals surface area contributed by atoms with Gasteiger partial charge in [-0.05, 0) is 32.0 Å². The normalized spacial score (nSPS) is 11.6. The minimum atomic E-state index is -4.66. The lowest BCUT2D eigenvalue weighted by molar-refractivity contribution is -0.138. The molecule has 0 amide bonds. The van der Waals surface area contributed by atoms with Gasteiger partial charge in [0.1, 0.15) is 11.5 Å². The number of ether oxygens (including phenoxy) is 1. The Labute approximate surface area is 145 Å². The molecule has 2 heterocycles. The van der Waals surface area contributed by atoms with Gasteiger partial charge in [-0.3, -0.25) is 0 Å². The van der Waals surface area contributed by atoms with E-state index in [0.29, 0.717) is 17.1 Å². The molecule has 0 fully saturated rings. The van der Waals surface area contributed by atoms with Gasteiger partial charge in [-0.1, -0.05) is 12.1 Å². The van der Waals surface area contributed by atoms with Crippen LogP contribution >= 0.6 is 0 Å². The van der Waals surface area contributed by atoms with Crippen molar-refractivity contribution >= 4 is 5.97 Å². The van der Waals surface area contributed by atoms with Crippen LogP contribution in [0.15, 0.2) is 39.2 Å². The second-order valence-corrected chi connectivity index (χ2v) is 5.45. The first-order valence-corrected chi connectivity index (χ1v) is 7.49. The van der Waals surface area contributed by atoms with Crippen molar-refractivity contribution in [2.75, 3.05) is 0 Å². The molecule has 0 saturated heterocycles. The highest BCUT2D eigenvalue weighted by atomic mass is 19.4. The molecule has 0 radical (unpaired) electrons. The second kappa shape index (κ2) is 6.66. The van der Waals surface area contributed by atoms with Crippen LogP contribution in [0.3, 0.4) is 0 Å². The number of alkyl halides is 3. The van der Waals surface area contributed by atoms with Crippen LogP contribution in [0.2, 0.25) is 0 Å². The maximum atomic E-state index is 12.9. The zero-order valence-corrected chi connectivity index (χ0v) is 13.8. The summed E-state index contributed by atoms with van der Waals surface area (Å²) < 4.78 is 54.4. The summed E-state index contributed by atoms with van der Waals surface area (Å²) in [5.74, 6) is 0.228. The van der Waals surface area contributed by atoms with Crippen molar-refractivity contribution in [1.82, 2.24) is 10.2 Å². The fourth-order valence-corrected chi connectivity index (χ4v) is 2.38. The number of hydrogen-bond acceptors (Lipinski definition) is 6. The molecule has 0 bridgehead atoms. The molecule has 3 rings (SSSR count). The van der Waals surface area contributed by atoms with Crippen LogP contribution < -0.4 is 0 Å². The van der Waals surface area contributed by atoms with Crippen LogP contribution in [0.5, 0.6) is 0 Å². The topological polar surface area (TPSA) is 78.4 Å². The third-order valence-corrected chi connectivity index (χ3v) is 3.52. The molecule has 2 aromatic heterocycles. The van der Waals surface area contributed by atoms with Gasteiger partial charge in [0.2, 0.25) is 0 Å². The van der Waals surface area contributed by atoms with Crippen molar-refractivity contribution in [2.45, 2.75) is 26.6 Å². The number of aryl methyl sites for hydroxylation is 2. The van der Waals surface area contributed by atoms with Crippen molar-refractivity contribution in [3.05, 3.63) is 58.9 Å². The van der Waals surface area contributed by atoms with Crippen molar-refractivity contribution in [3.63, 3.8) is 0 Å². The van der Waals surface area contributed by atoms with Crippen LogP contribution in [0.25, 0.3) is 11.5 Å². The second-order valence-electron chi connectivity index (χ2n) is 5.45. The van der Waals surface area contributed by atoms with Gasteiger partial charge < -0.3 is 13.6 Å². The van der Waals surface area contributed by atoms with E-state index in [0.717, 1.165) is 12.1 Å². The Kier molecular flexibility index (Phi) is 4.54. The highest BCUT2D eigenvalue weighted by Gasteiger charge is 2.35. The van der Waals surface area contributed by atoms with E-state index in [9.17, 15) is 18.0 Å². The third-order valence-electron chi connectivity index (χ3n) is 3.52. The molecule has 26 heavy (non-hydrogen) atoms. The summed E-state index contributed by atoms with van der Waals surface area (Å²) in [7, 11) is 0. The molecule has 0 N–H and O–H groups in total. The minimum Gasteiger partial charge on any atom is -0.466 e. The standard InChI is InChI=1S/C17H13F3N2O4/c1-9-7-12(10(2)25-9)15-22-21-14(26-15)8-24-16(23)11-5-3-4-6-13(11)17(18,19)20/h3-7H,8H2,1-2H3. The number of rotatable bonds is 4. The quantitative estimate of drug-likeness (QED) is 0.640. The molecule has 0 unspecified atom stereocenters. The molecule has 0 atom stereocenters. The number of carbonyl (C=O) groups is 1. The predicted molar refractivity (Wildman–Crippen MR) is 82.0 cm³/mol. The van der Waals surface area contributed by atoms with E-state index >= 15 is 0 Å². The molecule has 6 nitrogen and oxygen atoms in total. The molecule has 0 spiro atoms. The number of benzene rings is 1. The average Bonchev–Trinajstić information content (AvgIpc) is 3.17. The molecular weight excluding hydrogens is 353 g/mol. The lowest BCUT2D eigenvalue weighted by Crippen LogP contribution is -2.15. The fraction of sp³-hybridized carbons (Fsp3) is 0.235. The first-order chi connectivity index (χ1) is 12.3. The van der Waals surface area contributed by atoms with Gasteiger partial charge in [0, 0.05) is 0 Å². The zero-order chi connectivity index (χ0) is 18.9. The third kappa shape index (κ3) is 3.61. The largest absolute Gasteiger partial charge is 0.466 e. The zero-order valence-electron chi connectivity index (χ0n) is 13.8. The van der Waals surface area contributed by atoms with Gasteiger partial charge in [0.05, 0.1) is 16.7 Å². The van der Waals surface area contributed by atoms with Crippen LogP contribution in [-0.4, -0.2) is 16.2 Å². The van der Waals surface area contributed by atoms with E-state index in [1.54, 1.807) is 19.9 Å². The van der Waals surface area contributed by atoms with Gasteiger partial charge >= 0.3 is 12.1 Å². The highest BCUT2D eigenvalue weighted by Crippen LogP contribution is 2.32. The molecule has 0 aliphatic carbocycles. The Hall–Kier alpha value is -3.10. The van der Waals surface area contributed by atoms with Gasteiger partial charge in [-0.2, -0.15) is 13.2 Å². The number of nitrogens with zero attached hydrogens (tertiary/aromatic N) is 2. The SMILES string of the molecule is Cc1cc(-c2nnc(COC(=O)c3ccccc3C(F)(F)F)o2)c(C)o1. The lowest BCUT2D eigenvalue weighted by atomic mass is 10.1. The van der Waals surface area contributed by atoms with Crippen LogP contribution in [-0.2, 0) is 17.5 Å². The monoisotopic (exact) mass is 366 g/mol. The Morgan fingerprint density at radius 1 is 1.15 bits per heavy atom. The van der Waals surface area contributed by atoms with Crippen molar-refractivity contribution < 1.29 is 31.5 Å². The van der Waals surface area contributed by atoms with E-state index in [4.69, 9.17) is 13.6 Å². The Morgan fingerprint density at radius 2 is 1.88 bits per heavy atom. The summed E-state index contributed by atoms with van der Waals surface area (Å²) >= 11 is 0. The number of aromatic nitrogens is 2. The molecule has 136 valence electrons. The average molecular weight is 366 g/mol. The van der Waals surface area contributed by atoms with Gasteiger partial charge in [0.15, 0.2) is 6.61 Å². The summed E-state index contributed by atoms with van der Waals surface area (Å²) in [6.45, 7) is 3.03. The fourth-order valence-electron chi connectivity index (χ4n) is 2.38. The molecule has 0 aliphatic rings. The molecule has 1 aromatic carbocycles. The van der Waals surface area contributed by atoms with E-state index in [-0.39, 0.29) is 11.8 Å². The van der Waals surface area contributed by atoms with Crippen molar-refractivity contribution in [3.8, 4) is 11.5 Å². The summed E-state index contributed by atoms with van der Waals surface area (Å²) in [4.78, 5) is 12.0. The smallest absolute Gasteiger partial charge is 0.417 e. The Bertz CT molecular complexity index is 944. The molecule has 0 saturated carbocycles. The van der Waals surface area contributed by atoms with Crippen molar-refractivity contribution in [2.24, 2.45) is 0 Å². The van der Waals surface area contributed by atoms with Gasteiger partial charge in [0.25, 0.3) is 11.8 Å². The highest BCUT2D eigenvalue weighted by molar-refractivity contribution is 5.91. The van der Waals surface area contributed by atoms with E-state index in [1.165, 1.54) is 12.1 Å². The minimum absolute atomic E-state index is 0.0453. The van der Waals surface area contributed by atoms with Crippen LogP contribution in [0.1, 0.15) is 33.3 Å². The number of furan rings is 1. The molecule has 3 aromatic rings. The molecule has 0 aliphatic heterocycles. The maximum Gasteiger partial charge on any atom is 0.417 e. The number of hydrogen-bond donors (Lipinski definition) is 0. The van der Waals surface area contributed by atoms with Crippen LogP contribution in [0.4, 0.5) is 13.2 Å². The Balaban J connectivity index is 1.73. The van der Waals surface area contributed by atoms with Crippen molar-refractivity contribution in [1.29, 1.82) is 0 Å². The van der Waals surface area contributed by atoms with Crippen LogP contribution in [0, 0.1) is 13.8 Å². The summed E-state index contributed by atoms with van der Waals surface area (Å²) in [5.41, 5.74) is -1.06. The number of halogens is 3. The van der Waals surface area contributed by atoms with E-state index in [2.05, 4.69) is 10.2 Å². The lowest BCUT2D eigenvalue weighted by Gasteiger charge is -2.11. The first-order valence-electron chi connectivity index (χ1n) is 7.49. The Morgan fingerprint density at radius 3 is 2.54 bits per heavy atom.